The Labute approximate surface area is 121 Å². The number of carboxylic acid groups (broad SMARTS) is 1. The van der Waals surface area contributed by atoms with Crippen LogP contribution in [0.15, 0.2) is 30.3 Å². The van der Waals surface area contributed by atoms with Gasteiger partial charge in [-0.25, -0.2) is 4.39 Å². The van der Waals surface area contributed by atoms with Crippen molar-refractivity contribution in [1.82, 2.24) is 5.32 Å². The standard InChI is InChI=1S/C15H15ClFNO2/c16-14-4-3-11-2-1-10(9-18-6-5-17)7-12(11)13(14)8-15(19)20/h1-4,7,18H,5-6,8-9H2,(H,19,20). The summed E-state index contributed by atoms with van der Waals surface area (Å²) in [6, 6.07) is 9.34. The fraction of sp³-hybridized carbons (Fsp3) is 0.267. The molecule has 0 heterocycles. The maximum Gasteiger partial charge on any atom is 0.307 e. The number of benzene rings is 2. The Morgan fingerprint density at radius 1 is 1.30 bits per heavy atom. The topological polar surface area (TPSA) is 49.3 Å². The van der Waals surface area contributed by atoms with E-state index in [1.807, 2.05) is 24.3 Å². The van der Waals surface area contributed by atoms with Crippen LogP contribution >= 0.6 is 11.6 Å². The molecule has 106 valence electrons. The summed E-state index contributed by atoms with van der Waals surface area (Å²) < 4.78 is 12.1. The number of halogens is 2. The quantitative estimate of drug-likeness (QED) is 0.805. The van der Waals surface area contributed by atoms with E-state index in [1.54, 1.807) is 6.07 Å². The van der Waals surface area contributed by atoms with E-state index in [0.717, 1.165) is 16.3 Å². The molecular formula is C15H15ClFNO2. The van der Waals surface area contributed by atoms with Gasteiger partial charge in [0.2, 0.25) is 0 Å². The van der Waals surface area contributed by atoms with E-state index in [9.17, 15) is 9.18 Å². The molecule has 0 atom stereocenters. The predicted octanol–water partition coefficient (Wildman–Crippen LogP) is 3.18. The molecule has 2 rings (SSSR count). The Morgan fingerprint density at radius 2 is 2.05 bits per heavy atom. The van der Waals surface area contributed by atoms with Crippen LogP contribution in [0.25, 0.3) is 10.8 Å². The van der Waals surface area contributed by atoms with Gasteiger partial charge in [-0.1, -0.05) is 29.8 Å². The van der Waals surface area contributed by atoms with E-state index < -0.39 is 12.6 Å². The Hall–Kier alpha value is -1.65. The fourth-order valence-corrected chi connectivity index (χ4v) is 2.37. The summed E-state index contributed by atoms with van der Waals surface area (Å²) in [5.41, 5.74) is 1.59. The zero-order valence-electron chi connectivity index (χ0n) is 10.8. The van der Waals surface area contributed by atoms with Gasteiger partial charge in [0, 0.05) is 18.1 Å². The summed E-state index contributed by atoms with van der Waals surface area (Å²) in [5.74, 6) is -0.916. The van der Waals surface area contributed by atoms with E-state index in [0.29, 0.717) is 23.7 Å². The number of hydrogen-bond acceptors (Lipinski definition) is 2. The van der Waals surface area contributed by atoms with Gasteiger partial charge in [-0.2, -0.15) is 0 Å². The highest BCUT2D eigenvalue weighted by molar-refractivity contribution is 6.32. The zero-order chi connectivity index (χ0) is 14.5. The van der Waals surface area contributed by atoms with Crippen LogP contribution in [-0.4, -0.2) is 24.3 Å². The van der Waals surface area contributed by atoms with Crippen LogP contribution < -0.4 is 5.32 Å². The zero-order valence-corrected chi connectivity index (χ0v) is 11.6. The van der Waals surface area contributed by atoms with Crippen molar-refractivity contribution in [1.29, 1.82) is 0 Å². The summed E-state index contributed by atoms with van der Waals surface area (Å²) >= 11 is 6.10. The van der Waals surface area contributed by atoms with Crippen molar-refractivity contribution in [3.8, 4) is 0 Å². The van der Waals surface area contributed by atoms with Gasteiger partial charge in [0.1, 0.15) is 6.67 Å². The second-order valence-electron chi connectivity index (χ2n) is 4.52. The van der Waals surface area contributed by atoms with Gasteiger partial charge in [0.05, 0.1) is 6.42 Å². The fourth-order valence-electron chi connectivity index (χ4n) is 2.14. The highest BCUT2D eigenvalue weighted by Crippen LogP contribution is 2.27. The first-order valence-corrected chi connectivity index (χ1v) is 6.68. The van der Waals surface area contributed by atoms with Gasteiger partial charge < -0.3 is 10.4 Å². The largest absolute Gasteiger partial charge is 0.481 e. The summed E-state index contributed by atoms with van der Waals surface area (Å²) in [7, 11) is 0. The van der Waals surface area contributed by atoms with Gasteiger partial charge in [-0.15, -0.1) is 0 Å². The van der Waals surface area contributed by atoms with Crippen molar-refractivity contribution < 1.29 is 14.3 Å². The van der Waals surface area contributed by atoms with Crippen molar-refractivity contribution >= 4 is 28.3 Å². The molecule has 2 aromatic carbocycles. The van der Waals surface area contributed by atoms with E-state index >= 15 is 0 Å². The molecule has 0 aliphatic heterocycles. The minimum Gasteiger partial charge on any atom is -0.481 e. The highest BCUT2D eigenvalue weighted by atomic mass is 35.5. The summed E-state index contributed by atoms with van der Waals surface area (Å²) in [6.45, 7) is 0.429. The van der Waals surface area contributed by atoms with Gasteiger partial charge in [0.25, 0.3) is 0 Å². The lowest BCUT2D eigenvalue weighted by Crippen LogP contribution is -2.15. The molecule has 0 amide bonds. The number of nitrogens with one attached hydrogen (secondary N) is 1. The van der Waals surface area contributed by atoms with Crippen molar-refractivity contribution in [3.05, 3.63) is 46.5 Å². The minimum atomic E-state index is -0.916. The van der Waals surface area contributed by atoms with E-state index in [2.05, 4.69) is 5.32 Å². The lowest BCUT2D eigenvalue weighted by Gasteiger charge is -2.10. The van der Waals surface area contributed by atoms with Gasteiger partial charge in [-0.3, -0.25) is 4.79 Å². The number of hydrogen-bond donors (Lipinski definition) is 2. The third-order valence-corrected chi connectivity index (χ3v) is 3.42. The maximum atomic E-state index is 12.1. The smallest absolute Gasteiger partial charge is 0.307 e. The molecule has 20 heavy (non-hydrogen) atoms. The average Bonchev–Trinajstić information content (AvgIpc) is 2.42. The van der Waals surface area contributed by atoms with E-state index in [4.69, 9.17) is 16.7 Å². The SMILES string of the molecule is O=C(O)Cc1c(Cl)ccc2ccc(CNCCF)cc12. The van der Waals surface area contributed by atoms with E-state index in [1.165, 1.54) is 0 Å². The van der Waals surface area contributed by atoms with Crippen molar-refractivity contribution in [2.45, 2.75) is 13.0 Å². The molecule has 0 bridgehead atoms. The first-order chi connectivity index (χ1) is 9.61. The Kier molecular flexibility index (Phi) is 4.93. The summed E-state index contributed by atoms with van der Waals surface area (Å²) in [6.07, 6.45) is -0.114. The van der Waals surface area contributed by atoms with Crippen molar-refractivity contribution in [2.75, 3.05) is 13.2 Å². The number of alkyl halides is 1. The lowest BCUT2D eigenvalue weighted by molar-refractivity contribution is -0.136. The third-order valence-electron chi connectivity index (χ3n) is 3.07. The number of carbonyl (C=O) groups is 1. The first-order valence-electron chi connectivity index (χ1n) is 6.30. The molecule has 0 saturated carbocycles. The van der Waals surface area contributed by atoms with E-state index in [-0.39, 0.29) is 6.42 Å². The molecule has 5 heteroatoms. The van der Waals surface area contributed by atoms with Crippen LogP contribution in [0.3, 0.4) is 0 Å². The van der Waals surface area contributed by atoms with Crippen LogP contribution in [-0.2, 0) is 17.8 Å². The molecule has 0 aromatic heterocycles. The number of aliphatic carboxylic acids is 1. The monoisotopic (exact) mass is 295 g/mol. The third kappa shape index (κ3) is 3.46. The Morgan fingerprint density at radius 3 is 2.75 bits per heavy atom. The molecule has 0 unspecified atom stereocenters. The normalized spacial score (nSPS) is 10.9. The van der Waals surface area contributed by atoms with Gasteiger partial charge in [-0.05, 0) is 34.0 Å². The van der Waals surface area contributed by atoms with Crippen LogP contribution in [0.1, 0.15) is 11.1 Å². The second kappa shape index (κ2) is 6.68. The van der Waals surface area contributed by atoms with Gasteiger partial charge >= 0.3 is 5.97 Å². The molecule has 0 aliphatic rings. The summed E-state index contributed by atoms with van der Waals surface area (Å²) in [4.78, 5) is 10.9. The van der Waals surface area contributed by atoms with Crippen molar-refractivity contribution in [3.63, 3.8) is 0 Å². The molecule has 0 aliphatic carbocycles. The highest BCUT2D eigenvalue weighted by Gasteiger charge is 2.10. The molecule has 2 aromatic rings. The molecule has 0 radical (unpaired) electrons. The van der Waals surface area contributed by atoms with Crippen molar-refractivity contribution in [2.24, 2.45) is 0 Å². The second-order valence-corrected chi connectivity index (χ2v) is 4.92. The van der Waals surface area contributed by atoms with Gasteiger partial charge in [0.15, 0.2) is 0 Å². The van der Waals surface area contributed by atoms with Crippen LogP contribution in [0.2, 0.25) is 5.02 Å². The number of fused-ring (bicyclic) bond motifs is 1. The molecular weight excluding hydrogens is 281 g/mol. The predicted molar refractivity (Wildman–Crippen MR) is 78.0 cm³/mol. The van der Waals surface area contributed by atoms with Crippen LogP contribution in [0.4, 0.5) is 4.39 Å². The Balaban J connectivity index is 2.39. The molecule has 3 nitrogen and oxygen atoms in total. The average molecular weight is 296 g/mol. The van der Waals surface area contributed by atoms with Crippen LogP contribution in [0, 0.1) is 0 Å². The van der Waals surface area contributed by atoms with Crippen LogP contribution in [0.5, 0.6) is 0 Å². The first kappa shape index (κ1) is 14.8. The maximum absolute atomic E-state index is 12.1. The molecule has 0 saturated heterocycles. The Bertz CT molecular complexity index is 631. The summed E-state index contributed by atoms with van der Waals surface area (Å²) in [5, 5.41) is 14.2. The number of carboxylic acids is 1. The molecule has 0 spiro atoms. The number of rotatable bonds is 6. The lowest BCUT2D eigenvalue weighted by atomic mass is 10.00. The molecule has 2 N–H and O–H groups in total. The minimum absolute atomic E-state index is 0.114. The molecule has 0 fully saturated rings.